The third kappa shape index (κ3) is 4.95. The van der Waals surface area contributed by atoms with Crippen molar-refractivity contribution < 1.29 is 23.0 Å². The molecule has 116 valence electrons. The van der Waals surface area contributed by atoms with Crippen LogP contribution in [0.3, 0.4) is 0 Å². The fraction of sp³-hybridized carbons (Fsp3) is 0.429. The van der Waals surface area contributed by atoms with Gasteiger partial charge in [-0.2, -0.15) is 13.2 Å². The second-order valence-corrected chi connectivity index (χ2v) is 4.67. The van der Waals surface area contributed by atoms with E-state index in [1.54, 1.807) is 12.1 Å². The van der Waals surface area contributed by atoms with Gasteiger partial charge in [-0.1, -0.05) is 18.2 Å². The van der Waals surface area contributed by atoms with Crippen molar-refractivity contribution in [2.45, 2.75) is 12.7 Å². The first-order chi connectivity index (χ1) is 9.98. The molecule has 21 heavy (non-hydrogen) atoms. The number of alkyl halides is 3. The Labute approximate surface area is 121 Å². The molecular weight excluding hydrogens is 285 g/mol. The molecule has 2 rings (SSSR count). The second kappa shape index (κ2) is 6.82. The van der Waals surface area contributed by atoms with Gasteiger partial charge in [0.2, 0.25) is 0 Å². The molecule has 0 unspecified atom stereocenters. The minimum atomic E-state index is -4.33. The Hall–Kier alpha value is -1.73. The second-order valence-electron chi connectivity index (χ2n) is 4.67. The summed E-state index contributed by atoms with van der Waals surface area (Å²) in [5.74, 6) is 0.197. The zero-order valence-electron chi connectivity index (χ0n) is 11.4. The zero-order chi connectivity index (χ0) is 15.3. The quantitative estimate of drug-likeness (QED) is 0.873. The molecule has 1 aromatic carbocycles. The summed E-state index contributed by atoms with van der Waals surface area (Å²) in [5, 5.41) is 12.9. The molecule has 7 heteroatoms. The highest BCUT2D eigenvalue weighted by molar-refractivity contribution is 5.27. The van der Waals surface area contributed by atoms with Crippen LogP contribution in [0.4, 0.5) is 13.2 Å². The van der Waals surface area contributed by atoms with E-state index < -0.39 is 12.8 Å². The summed E-state index contributed by atoms with van der Waals surface area (Å²) in [5.41, 5.74) is 0.959. The Kier molecular flexibility index (Phi) is 5.08. The maximum Gasteiger partial charge on any atom is 0.422 e. The van der Waals surface area contributed by atoms with Crippen molar-refractivity contribution in [3.05, 3.63) is 42.1 Å². The molecule has 0 spiro atoms. The average Bonchev–Trinajstić information content (AvgIpc) is 2.85. The summed E-state index contributed by atoms with van der Waals surface area (Å²) in [6.07, 6.45) is -0.446. The molecule has 0 bridgehead atoms. The van der Waals surface area contributed by atoms with E-state index in [4.69, 9.17) is 5.11 Å². The number of aliphatic hydroxyl groups is 1. The number of hydrazine groups is 1. The van der Waals surface area contributed by atoms with Crippen molar-refractivity contribution in [1.29, 1.82) is 0 Å². The third-order valence-electron chi connectivity index (χ3n) is 2.98. The van der Waals surface area contributed by atoms with Crippen LogP contribution in [0, 0.1) is 0 Å². The number of β-amino-alcohol motifs (C(OH)–C–C–N with tert-alkyl or cyclic N) is 1. The van der Waals surface area contributed by atoms with Crippen LogP contribution in [0.2, 0.25) is 0 Å². The van der Waals surface area contributed by atoms with Crippen LogP contribution in [0.1, 0.15) is 5.56 Å². The van der Waals surface area contributed by atoms with Crippen LogP contribution in [0.5, 0.6) is 5.75 Å². The molecule has 1 aliphatic rings. The van der Waals surface area contributed by atoms with Crippen molar-refractivity contribution in [3.63, 3.8) is 0 Å². The Morgan fingerprint density at radius 2 is 1.90 bits per heavy atom. The van der Waals surface area contributed by atoms with E-state index in [-0.39, 0.29) is 12.4 Å². The van der Waals surface area contributed by atoms with Crippen LogP contribution in [-0.4, -0.2) is 47.6 Å². The van der Waals surface area contributed by atoms with E-state index in [1.807, 2.05) is 22.3 Å². The van der Waals surface area contributed by atoms with Crippen LogP contribution in [0.25, 0.3) is 0 Å². The molecule has 1 N–H and O–H groups in total. The van der Waals surface area contributed by atoms with E-state index in [9.17, 15) is 13.2 Å². The predicted molar refractivity (Wildman–Crippen MR) is 71.3 cm³/mol. The number of halogens is 3. The zero-order valence-corrected chi connectivity index (χ0v) is 11.4. The Balaban J connectivity index is 1.87. The van der Waals surface area contributed by atoms with Gasteiger partial charge in [0.25, 0.3) is 0 Å². The van der Waals surface area contributed by atoms with Gasteiger partial charge in [-0.25, -0.2) is 5.01 Å². The number of rotatable bonds is 6. The smallest absolute Gasteiger partial charge is 0.422 e. The summed E-state index contributed by atoms with van der Waals surface area (Å²) in [7, 11) is 0. The maximum absolute atomic E-state index is 12.0. The van der Waals surface area contributed by atoms with Gasteiger partial charge in [0, 0.05) is 19.3 Å². The molecule has 0 saturated heterocycles. The lowest BCUT2D eigenvalue weighted by molar-refractivity contribution is -0.153. The molecule has 1 heterocycles. The summed E-state index contributed by atoms with van der Waals surface area (Å²) < 4.78 is 40.8. The Bertz CT molecular complexity index is 474. The highest BCUT2D eigenvalue weighted by Gasteiger charge is 2.28. The molecule has 0 amide bonds. The van der Waals surface area contributed by atoms with Gasteiger partial charge in [-0.15, -0.1) is 0 Å². The van der Waals surface area contributed by atoms with Crippen molar-refractivity contribution >= 4 is 0 Å². The maximum atomic E-state index is 12.0. The summed E-state index contributed by atoms with van der Waals surface area (Å²) in [6, 6.07) is 6.53. The van der Waals surface area contributed by atoms with Gasteiger partial charge < -0.3 is 14.9 Å². The van der Waals surface area contributed by atoms with Gasteiger partial charge >= 0.3 is 6.18 Å². The Morgan fingerprint density at radius 1 is 1.19 bits per heavy atom. The molecule has 1 aromatic rings. The lowest BCUT2D eigenvalue weighted by Crippen LogP contribution is -2.36. The minimum Gasteiger partial charge on any atom is -0.484 e. The van der Waals surface area contributed by atoms with E-state index in [1.165, 1.54) is 12.1 Å². The molecule has 4 nitrogen and oxygen atoms in total. The lowest BCUT2D eigenvalue weighted by Gasteiger charge is -2.28. The number of ether oxygens (including phenoxy) is 1. The number of hydrogen-bond acceptors (Lipinski definition) is 4. The first-order valence-corrected chi connectivity index (χ1v) is 6.55. The highest BCUT2D eigenvalue weighted by atomic mass is 19.4. The molecule has 0 saturated carbocycles. The van der Waals surface area contributed by atoms with E-state index >= 15 is 0 Å². The molecule has 0 fully saturated rings. The molecular formula is C14H17F3N2O2. The van der Waals surface area contributed by atoms with E-state index in [0.717, 1.165) is 12.1 Å². The molecule has 0 aromatic heterocycles. The van der Waals surface area contributed by atoms with Crippen LogP contribution in [-0.2, 0) is 6.54 Å². The summed E-state index contributed by atoms with van der Waals surface area (Å²) in [4.78, 5) is 0. The first-order valence-electron chi connectivity index (χ1n) is 6.55. The lowest BCUT2D eigenvalue weighted by atomic mass is 10.2. The molecule has 1 aliphatic heterocycles. The number of nitrogens with zero attached hydrogens (tertiary/aromatic N) is 2. The van der Waals surface area contributed by atoms with Crippen molar-refractivity contribution in [2.75, 3.05) is 26.3 Å². The fourth-order valence-corrected chi connectivity index (χ4v) is 2.03. The fourth-order valence-electron chi connectivity index (χ4n) is 2.03. The summed E-state index contributed by atoms with van der Waals surface area (Å²) in [6.45, 7) is 0.653. The number of aliphatic hydroxyl groups excluding tert-OH is 1. The van der Waals surface area contributed by atoms with Gasteiger partial charge in [-0.3, -0.25) is 0 Å². The SMILES string of the molecule is OCCN1C=CCN1Cc1ccc(OCC(F)(F)F)cc1. The first kappa shape index (κ1) is 15.7. The van der Waals surface area contributed by atoms with Crippen LogP contribution in [0.15, 0.2) is 36.5 Å². The molecule has 0 radical (unpaired) electrons. The van der Waals surface area contributed by atoms with Gasteiger partial charge in [0.15, 0.2) is 6.61 Å². The van der Waals surface area contributed by atoms with Gasteiger partial charge in [0.1, 0.15) is 5.75 Å². The predicted octanol–water partition coefficient (Wildman–Crippen LogP) is 2.17. The van der Waals surface area contributed by atoms with Crippen LogP contribution >= 0.6 is 0 Å². The third-order valence-corrected chi connectivity index (χ3v) is 2.98. The topological polar surface area (TPSA) is 35.9 Å². The number of benzene rings is 1. The molecule has 0 aliphatic carbocycles. The van der Waals surface area contributed by atoms with Crippen LogP contribution < -0.4 is 4.74 Å². The monoisotopic (exact) mass is 302 g/mol. The highest BCUT2D eigenvalue weighted by Crippen LogP contribution is 2.20. The van der Waals surface area contributed by atoms with Crippen molar-refractivity contribution in [1.82, 2.24) is 10.0 Å². The normalized spacial score (nSPS) is 15.7. The largest absolute Gasteiger partial charge is 0.484 e. The Morgan fingerprint density at radius 3 is 2.52 bits per heavy atom. The minimum absolute atomic E-state index is 0.0606. The van der Waals surface area contributed by atoms with Crippen molar-refractivity contribution in [3.8, 4) is 5.75 Å². The van der Waals surface area contributed by atoms with Gasteiger partial charge in [0.05, 0.1) is 13.2 Å². The standard InChI is InChI=1S/C14H17F3N2O2/c15-14(16,17)11-21-13-4-2-12(3-5-13)10-19-7-1-6-18(19)8-9-20/h1-6,20H,7-11H2. The molecule has 0 atom stereocenters. The average molecular weight is 302 g/mol. The van der Waals surface area contributed by atoms with Crippen molar-refractivity contribution in [2.24, 2.45) is 0 Å². The summed E-state index contributed by atoms with van der Waals surface area (Å²) >= 11 is 0. The number of hydrogen-bond donors (Lipinski definition) is 1. The van der Waals surface area contributed by atoms with Gasteiger partial charge in [-0.05, 0) is 17.7 Å². The van der Waals surface area contributed by atoms with E-state index in [0.29, 0.717) is 13.1 Å². The van der Waals surface area contributed by atoms with E-state index in [2.05, 4.69) is 4.74 Å².